The molecule has 1 saturated carbocycles. The summed E-state index contributed by atoms with van der Waals surface area (Å²) in [6, 6.07) is 0. The Kier molecular flexibility index (Phi) is 2.80. The molecule has 0 bridgehead atoms. The predicted octanol–water partition coefficient (Wildman–Crippen LogP) is 2.91. The molecule has 1 aromatic heterocycles. The Morgan fingerprint density at radius 3 is 2.39 bits per heavy atom. The maximum absolute atomic E-state index is 4.46. The van der Waals surface area contributed by atoms with Crippen LogP contribution < -0.4 is 4.90 Å². The molecule has 2 heterocycles. The molecule has 0 atom stereocenters. The Balaban J connectivity index is 1.56. The molecule has 2 fully saturated rings. The van der Waals surface area contributed by atoms with E-state index in [0.717, 1.165) is 24.2 Å². The number of aryl methyl sites for hydroxylation is 1. The molecule has 18 heavy (non-hydrogen) atoms. The number of hydrogen-bond donors (Lipinski definition) is 0. The number of anilines is 1. The number of rotatable bonds is 3. The van der Waals surface area contributed by atoms with E-state index in [4.69, 9.17) is 0 Å². The summed E-state index contributed by atoms with van der Waals surface area (Å²) in [6.45, 7) is 9.17. The van der Waals surface area contributed by atoms with Gasteiger partial charge in [-0.1, -0.05) is 20.8 Å². The Morgan fingerprint density at radius 1 is 1.28 bits per heavy atom. The van der Waals surface area contributed by atoms with Crippen LogP contribution in [-0.4, -0.2) is 23.1 Å². The molecule has 1 saturated heterocycles. The van der Waals surface area contributed by atoms with Gasteiger partial charge >= 0.3 is 0 Å². The smallest absolute Gasteiger partial charge is 0.225 e. The number of nitrogens with zero attached hydrogens (tertiary/aromatic N) is 3. The lowest BCUT2D eigenvalue weighted by atomic mass is 9.55. The minimum atomic E-state index is 0.613. The van der Waals surface area contributed by atoms with Crippen LogP contribution in [0.25, 0.3) is 0 Å². The summed E-state index contributed by atoms with van der Waals surface area (Å²) in [5.41, 5.74) is 1.83. The minimum absolute atomic E-state index is 0.613. The Labute approximate surface area is 110 Å². The van der Waals surface area contributed by atoms with Crippen molar-refractivity contribution in [3.63, 3.8) is 0 Å². The van der Waals surface area contributed by atoms with E-state index in [0.29, 0.717) is 5.41 Å². The van der Waals surface area contributed by atoms with Gasteiger partial charge < -0.3 is 4.90 Å². The van der Waals surface area contributed by atoms with Gasteiger partial charge in [-0.25, -0.2) is 9.97 Å². The van der Waals surface area contributed by atoms with Gasteiger partial charge in [0, 0.05) is 30.9 Å². The van der Waals surface area contributed by atoms with Gasteiger partial charge in [-0.2, -0.15) is 0 Å². The van der Waals surface area contributed by atoms with Crippen molar-refractivity contribution in [3.8, 4) is 0 Å². The fourth-order valence-corrected chi connectivity index (χ4v) is 3.38. The van der Waals surface area contributed by atoms with Gasteiger partial charge in [0.2, 0.25) is 5.95 Å². The maximum Gasteiger partial charge on any atom is 0.225 e. The molecule has 3 rings (SSSR count). The van der Waals surface area contributed by atoms with Crippen LogP contribution in [0.3, 0.4) is 0 Å². The third-order valence-corrected chi connectivity index (χ3v) is 4.77. The third kappa shape index (κ3) is 1.90. The van der Waals surface area contributed by atoms with Gasteiger partial charge in [-0.05, 0) is 36.7 Å². The highest BCUT2D eigenvalue weighted by atomic mass is 15.3. The second-order valence-corrected chi connectivity index (χ2v) is 6.51. The molecule has 1 aliphatic heterocycles. The molecule has 0 radical (unpaired) electrons. The summed E-state index contributed by atoms with van der Waals surface area (Å²) in [5.74, 6) is 2.73. The zero-order valence-electron chi connectivity index (χ0n) is 11.7. The summed E-state index contributed by atoms with van der Waals surface area (Å²) >= 11 is 0. The fourth-order valence-electron chi connectivity index (χ4n) is 3.38. The summed E-state index contributed by atoms with van der Waals surface area (Å²) in [6.07, 6.45) is 7.76. The molecule has 0 amide bonds. The van der Waals surface area contributed by atoms with Crippen molar-refractivity contribution in [1.82, 2.24) is 9.97 Å². The lowest BCUT2D eigenvalue weighted by Gasteiger charge is -2.60. The average Bonchev–Trinajstić information content (AvgIpc) is 2.25. The first-order valence-electron chi connectivity index (χ1n) is 7.18. The first-order valence-corrected chi connectivity index (χ1v) is 7.18. The lowest BCUT2D eigenvalue weighted by Crippen LogP contribution is -2.63. The standard InChI is InChI=1S/C15H23N3/c1-4-12-7-16-14(17-8-12)18-9-15(10-18)5-13(6-15)11(2)3/h7-8,11,13H,4-6,9-10H2,1-3H3. The second kappa shape index (κ2) is 4.22. The Bertz CT molecular complexity index is 410. The molecule has 0 N–H and O–H groups in total. The molecule has 3 nitrogen and oxygen atoms in total. The van der Waals surface area contributed by atoms with E-state index in [1.54, 1.807) is 0 Å². The average molecular weight is 245 g/mol. The summed E-state index contributed by atoms with van der Waals surface area (Å²) in [7, 11) is 0. The molecule has 1 aromatic rings. The summed E-state index contributed by atoms with van der Waals surface area (Å²) in [5, 5.41) is 0. The van der Waals surface area contributed by atoms with Crippen molar-refractivity contribution in [1.29, 1.82) is 0 Å². The van der Waals surface area contributed by atoms with Crippen LogP contribution >= 0.6 is 0 Å². The highest BCUT2D eigenvalue weighted by molar-refractivity contribution is 5.37. The minimum Gasteiger partial charge on any atom is -0.340 e. The van der Waals surface area contributed by atoms with E-state index in [1.807, 2.05) is 12.4 Å². The van der Waals surface area contributed by atoms with Crippen molar-refractivity contribution in [2.75, 3.05) is 18.0 Å². The fraction of sp³-hybridized carbons (Fsp3) is 0.733. The van der Waals surface area contributed by atoms with Crippen LogP contribution in [0.4, 0.5) is 5.95 Å². The largest absolute Gasteiger partial charge is 0.340 e. The second-order valence-electron chi connectivity index (χ2n) is 6.51. The number of hydrogen-bond acceptors (Lipinski definition) is 3. The van der Waals surface area contributed by atoms with Crippen LogP contribution in [0.2, 0.25) is 0 Å². The van der Waals surface area contributed by atoms with Crippen molar-refractivity contribution in [2.24, 2.45) is 17.3 Å². The van der Waals surface area contributed by atoms with Crippen LogP contribution in [0.15, 0.2) is 12.4 Å². The highest BCUT2D eigenvalue weighted by Crippen LogP contribution is 2.54. The van der Waals surface area contributed by atoms with E-state index in [9.17, 15) is 0 Å². The molecule has 2 aliphatic rings. The summed E-state index contributed by atoms with van der Waals surface area (Å²) < 4.78 is 0. The van der Waals surface area contributed by atoms with Gasteiger partial charge in [-0.15, -0.1) is 0 Å². The topological polar surface area (TPSA) is 29.0 Å². The van der Waals surface area contributed by atoms with E-state index < -0.39 is 0 Å². The summed E-state index contributed by atoms with van der Waals surface area (Å²) in [4.78, 5) is 11.3. The van der Waals surface area contributed by atoms with Gasteiger partial charge in [0.1, 0.15) is 0 Å². The normalized spacial score (nSPS) is 22.1. The SMILES string of the molecule is CCc1cnc(N2CC3(CC(C(C)C)C3)C2)nc1. The number of aromatic nitrogens is 2. The van der Waals surface area contributed by atoms with Crippen molar-refractivity contribution < 1.29 is 0 Å². The first kappa shape index (κ1) is 11.9. The molecule has 1 spiro atoms. The van der Waals surface area contributed by atoms with Crippen LogP contribution in [0.5, 0.6) is 0 Å². The molecule has 0 unspecified atom stereocenters. The first-order chi connectivity index (χ1) is 8.62. The molecule has 1 aliphatic carbocycles. The van der Waals surface area contributed by atoms with Gasteiger partial charge in [0.05, 0.1) is 0 Å². The molecular formula is C15H23N3. The quantitative estimate of drug-likeness (QED) is 0.820. The zero-order valence-corrected chi connectivity index (χ0v) is 11.7. The molecular weight excluding hydrogens is 222 g/mol. The van der Waals surface area contributed by atoms with Gasteiger partial charge in [0.15, 0.2) is 0 Å². The predicted molar refractivity (Wildman–Crippen MR) is 73.6 cm³/mol. The maximum atomic E-state index is 4.46. The van der Waals surface area contributed by atoms with Crippen molar-refractivity contribution in [2.45, 2.75) is 40.0 Å². The van der Waals surface area contributed by atoms with E-state index in [2.05, 4.69) is 35.6 Å². The van der Waals surface area contributed by atoms with E-state index in [-0.39, 0.29) is 0 Å². The van der Waals surface area contributed by atoms with Gasteiger partial charge in [-0.3, -0.25) is 0 Å². The Morgan fingerprint density at radius 2 is 1.89 bits per heavy atom. The van der Waals surface area contributed by atoms with E-state index in [1.165, 1.54) is 31.5 Å². The molecule has 98 valence electrons. The zero-order chi connectivity index (χ0) is 12.8. The third-order valence-electron chi connectivity index (χ3n) is 4.77. The lowest BCUT2D eigenvalue weighted by molar-refractivity contribution is -0.00143. The van der Waals surface area contributed by atoms with Crippen LogP contribution in [-0.2, 0) is 6.42 Å². The highest BCUT2D eigenvalue weighted by Gasteiger charge is 2.53. The van der Waals surface area contributed by atoms with E-state index >= 15 is 0 Å². The Hall–Kier alpha value is -1.12. The molecule has 3 heteroatoms. The van der Waals surface area contributed by atoms with Gasteiger partial charge in [0.25, 0.3) is 0 Å². The van der Waals surface area contributed by atoms with Crippen LogP contribution in [0.1, 0.15) is 39.2 Å². The van der Waals surface area contributed by atoms with Crippen LogP contribution in [0, 0.1) is 17.3 Å². The monoisotopic (exact) mass is 245 g/mol. The molecule has 0 aromatic carbocycles. The van der Waals surface area contributed by atoms with Crippen molar-refractivity contribution in [3.05, 3.63) is 18.0 Å². The van der Waals surface area contributed by atoms with Crippen molar-refractivity contribution >= 4 is 5.95 Å².